The molecular formula is C36H29Cl2N5. The summed E-state index contributed by atoms with van der Waals surface area (Å²) in [4.78, 5) is 14.0. The lowest BCUT2D eigenvalue weighted by Crippen LogP contribution is -2.54. The van der Waals surface area contributed by atoms with Gasteiger partial charge in [-0.1, -0.05) is 77.8 Å². The van der Waals surface area contributed by atoms with Gasteiger partial charge in [-0.25, -0.2) is 9.97 Å². The van der Waals surface area contributed by atoms with E-state index in [1.165, 1.54) is 33.5 Å². The predicted octanol–water partition coefficient (Wildman–Crippen LogP) is 8.82. The Morgan fingerprint density at radius 1 is 0.953 bits per heavy atom. The smallest absolute Gasteiger partial charge is 0.140 e. The molecule has 1 aliphatic carbocycles. The summed E-state index contributed by atoms with van der Waals surface area (Å²) in [5.74, 6) is 0.859. The number of hydrogen-bond acceptors (Lipinski definition) is 5. The molecule has 43 heavy (non-hydrogen) atoms. The van der Waals surface area contributed by atoms with E-state index < -0.39 is 0 Å². The SMILES string of the molecule is CC=Cc1c(N2CCN(c3ncnc4cc(Cl)c(-c5ccc(Cl)cc5)cc34)CC2CC#N)ccc2c1Cc1ccccc1-2. The molecule has 4 aromatic carbocycles. The molecule has 5 aromatic rings. The van der Waals surface area contributed by atoms with E-state index in [0.29, 0.717) is 23.0 Å². The first kappa shape index (κ1) is 27.5. The zero-order valence-electron chi connectivity index (χ0n) is 23.8. The Bertz CT molecular complexity index is 1930. The first-order valence-electron chi connectivity index (χ1n) is 14.5. The topological polar surface area (TPSA) is 56.1 Å². The van der Waals surface area contributed by atoms with Crippen LogP contribution >= 0.6 is 23.2 Å². The second-order valence-electron chi connectivity index (χ2n) is 11.1. The highest BCUT2D eigenvalue weighted by Gasteiger charge is 2.32. The third kappa shape index (κ3) is 4.91. The highest BCUT2D eigenvalue weighted by atomic mass is 35.5. The fourth-order valence-corrected chi connectivity index (χ4v) is 7.03. The Labute approximate surface area is 261 Å². The number of nitriles is 1. The molecule has 7 heteroatoms. The van der Waals surface area contributed by atoms with Crippen LogP contribution in [-0.2, 0) is 6.42 Å². The molecule has 0 amide bonds. The van der Waals surface area contributed by atoms with Crippen LogP contribution in [0.25, 0.3) is 39.2 Å². The van der Waals surface area contributed by atoms with Gasteiger partial charge < -0.3 is 9.80 Å². The third-order valence-corrected chi connectivity index (χ3v) is 9.18. The third-order valence-electron chi connectivity index (χ3n) is 8.62. The summed E-state index contributed by atoms with van der Waals surface area (Å²) in [7, 11) is 0. The van der Waals surface area contributed by atoms with Gasteiger partial charge in [0.1, 0.15) is 12.1 Å². The summed E-state index contributed by atoms with van der Waals surface area (Å²) < 4.78 is 0. The van der Waals surface area contributed by atoms with E-state index in [0.717, 1.165) is 47.4 Å². The van der Waals surface area contributed by atoms with Crippen molar-refractivity contribution in [2.75, 3.05) is 29.4 Å². The van der Waals surface area contributed by atoms with Crippen LogP contribution in [-0.4, -0.2) is 35.6 Å². The molecule has 0 bridgehead atoms. The molecule has 7 rings (SSSR count). The molecule has 1 atom stereocenters. The van der Waals surface area contributed by atoms with Gasteiger partial charge in [-0.05, 0) is 71.5 Å². The molecule has 1 aromatic heterocycles. The first-order chi connectivity index (χ1) is 21.1. The van der Waals surface area contributed by atoms with E-state index in [2.05, 4.69) is 82.4 Å². The van der Waals surface area contributed by atoms with Gasteiger partial charge in [-0.2, -0.15) is 5.26 Å². The molecule has 0 spiro atoms. The highest BCUT2D eigenvalue weighted by molar-refractivity contribution is 6.34. The fourth-order valence-electron chi connectivity index (χ4n) is 6.64. The monoisotopic (exact) mass is 601 g/mol. The maximum absolute atomic E-state index is 9.91. The van der Waals surface area contributed by atoms with Gasteiger partial charge in [0.15, 0.2) is 0 Å². The maximum Gasteiger partial charge on any atom is 0.140 e. The Balaban J connectivity index is 1.25. The van der Waals surface area contributed by atoms with Crippen molar-refractivity contribution in [3.63, 3.8) is 0 Å². The van der Waals surface area contributed by atoms with Gasteiger partial charge in [0.05, 0.1) is 29.1 Å². The zero-order chi connectivity index (χ0) is 29.5. The van der Waals surface area contributed by atoms with Gasteiger partial charge >= 0.3 is 0 Å². The van der Waals surface area contributed by atoms with Gasteiger partial charge in [0, 0.05) is 46.9 Å². The maximum atomic E-state index is 9.91. The van der Waals surface area contributed by atoms with Crippen molar-refractivity contribution in [3.05, 3.63) is 112 Å². The number of piperazine rings is 1. The molecular weight excluding hydrogens is 573 g/mol. The van der Waals surface area contributed by atoms with E-state index in [9.17, 15) is 5.26 Å². The van der Waals surface area contributed by atoms with E-state index in [4.69, 9.17) is 28.2 Å². The van der Waals surface area contributed by atoms with Crippen LogP contribution in [0.2, 0.25) is 10.0 Å². The number of fused-ring (bicyclic) bond motifs is 4. The number of hydrogen-bond donors (Lipinski definition) is 0. The molecule has 0 saturated carbocycles. The fraction of sp³-hybridized carbons (Fsp3) is 0.194. The molecule has 1 fully saturated rings. The van der Waals surface area contributed by atoms with Crippen molar-refractivity contribution >= 4 is 51.7 Å². The molecule has 212 valence electrons. The van der Waals surface area contributed by atoms with Crippen molar-refractivity contribution in [1.82, 2.24) is 9.97 Å². The zero-order valence-corrected chi connectivity index (χ0v) is 25.3. The lowest BCUT2D eigenvalue weighted by Gasteiger charge is -2.43. The molecule has 2 heterocycles. The highest BCUT2D eigenvalue weighted by Crippen LogP contribution is 2.43. The number of benzene rings is 4. The second kappa shape index (κ2) is 11.4. The van der Waals surface area contributed by atoms with Gasteiger partial charge in [0.25, 0.3) is 0 Å². The minimum absolute atomic E-state index is 0.00219. The quantitative estimate of drug-likeness (QED) is 0.197. The Hall–Kier alpha value is -4.37. The van der Waals surface area contributed by atoms with E-state index in [1.54, 1.807) is 6.33 Å². The van der Waals surface area contributed by atoms with Gasteiger partial charge in [-0.15, -0.1) is 0 Å². The molecule has 2 aliphatic rings. The van der Waals surface area contributed by atoms with Crippen LogP contribution in [0.15, 0.2) is 85.2 Å². The van der Waals surface area contributed by atoms with Crippen LogP contribution in [0, 0.1) is 11.3 Å². The summed E-state index contributed by atoms with van der Waals surface area (Å²) in [6.07, 6.45) is 7.29. The molecule has 0 radical (unpaired) electrons. The molecule has 1 saturated heterocycles. The van der Waals surface area contributed by atoms with Crippen molar-refractivity contribution in [2.45, 2.75) is 25.8 Å². The van der Waals surface area contributed by atoms with Gasteiger partial charge in [-0.3, -0.25) is 0 Å². The van der Waals surface area contributed by atoms with Crippen LogP contribution in [0.3, 0.4) is 0 Å². The van der Waals surface area contributed by atoms with Crippen molar-refractivity contribution in [3.8, 4) is 28.3 Å². The Morgan fingerprint density at radius 3 is 2.60 bits per heavy atom. The second-order valence-corrected chi connectivity index (χ2v) is 11.9. The van der Waals surface area contributed by atoms with Crippen molar-refractivity contribution < 1.29 is 0 Å². The number of aromatic nitrogens is 2. The first-order valence-corrected chi connectivity index (χ1v) is 15.3. The Morgan fingerprint density at radius 2 is 1.79 bits per heavy atom. The number of anilines is 2. The van der Waals surface area contributed by atoms with Crippen molar-refractivity contribution in [1.29, 1.82) is 5.26 Å². The average molecular weight is 603 g/mol. The number of rotatable bonds is 5. The van der Waals surface area contributed by atoms with E-state index >= 15 is 0 Å². The van der Waals surface area contributed by atoms with Crippen molar-refractivity contribution in [2.24, 2.45) is 0 Å². The molecule has 1 unspecified atom stereocenters. The number of halogens is 2. The number of nitrogens with zero attached hydrogens (tertiary/aromatic N) is 5. The summed E-state index contributed by atoms with van der Waals surface area (Å²) in [6.45, 7) is 4.28. The van der Waals surface area contributed by atoms with Crippen LogP contribution < -0.4 is 9.80 Å². The van der Waals surface area contributed by atoms with E-state index in [1.807, 2.05) is 30.3 Å². The molecule has 1 aliphatic heterocycles. The normalized spacial score (nSPS) is 16.0. The predicted molar refractivity (Wildman–Crippen MR) is 178 cm³/mol. The molecule has 5 nitrogen and oxygen atoms in total. The van der Waals surface area contributed by atoms with E-state index in [-0.39, 0.29) is 6.04 Å². The van der Waals surface area contributed by atoms with Crippen LogP contribution in [0.4, 0.5) is 11.5 Å². The van der Waals surface area contributed by atoms with Crippen LogP contribution in [0.1, 0.15) is 30.0 Å². The minimum Gasteiger partial charge on any atom is -0.363 e. The minimum atomic E-state index is -0.00219. The van der Waals surface area contributed by atoms with Crippen LogP contribution in [0.5, 0.6) is 0 Å². The Kier molecular flexibility index (Phi) is 7.26. The summed E-state index contributed by atoms with van der Waals surface area (Å²) >= 11 is 12.9. The number of allylic oxidation sites excluding steroid dienone is 1. The average Bonchev–Trinajstić information content (AvgIpc) is 3.41. The standard InChI is InChI=1S/C36H29Cl2N5/c1-2-5-29-31-18-24-6-3-4-7-27(24)28(31)12-13-35(29)43-17-16-42(21-26(43)14-15-39)36-32-19-30(23-8-10-25(37)11-9-23)33(38)20-34(32)40-22-41-36/h2-13,19-20,22,26H,14,16-18,21H2,1H3. The van der Waals surface area contributed by atoms with Gasteiger partial charge in [0.2, 0.25) is 0 Å². The summed E-state index contributed by atoms with van der Waals surface area (Å²) in [5, 5.41) is 12.2. The molecule has 0 N–H and O–H groups in total. The lowest BCUT2D eigenvalue weighted by atomic mass is 9.96. The summed E-state index contributed by atoms with van der Waals surface area (Å²) in [5.41, 5.74) is 10.5. The summed E-state index contributed by atoms with van der Waals surface area (Å²) in [6, 6.07) is 27.3. The largest absolute Gasteiger partial charge is 0.363 e. The lowest BCUT2D eigenvalue weighted by molar-refractivity contribution is 0.524.